The highest BCUT2D eigenvalue weighted by Gasteiger charge is 2.13. The highest BCUT2D eigenvalue weighted by molar-refractivity contribution is 6.40. The monoisotopic (exact) mass is 213 g/mol. The van der Waals surface area contributed by atoms with Gasteiger partial charge in [0.05, 0.1) is 21.2 Å². The van der Waals surface area contributed by atoms with Crippen LogP contribution in [0.25, 0.3) is 0 Å². The lowest BCUT2D eigenvalue weighted by atomic mass is 10.1. The summed E-state index contributed by atoms with van der Waals surface area (Å²) in [6.45, 7) is 1.36. The first kappa shape index (κ1) is 10.0. The molecule has 0 aromatic heterocycles. The molecule has 1 aromatic carbocycles. The van der Waals surface area contributed by atoms with E-state index in [1.807, 2.05) is 6.07 Å². The van der Waals surface area contributed by atoms with Crippen molar-refractivity contribution in [3.63, 3.8) is 0 Å². The zero-order valence-corrected chi connectivity index (χ0v) is 8.28. The Morgan fingerprint density at radius 1 is 1.46 bits per heavy atom. The molecular weight excluding hydrogens is 209 g/mol. The van der Waals surface area contributed by atoms with E-state index in [0.717, 1.165) is 0 Å². The smallest absolute Gasteiger partial charge is 0.162 e. The zero-order valence-electron chi connectivity index (χ0n) is 6.77. The molecule has 0 N–H and O–H groups in total. The highest BCUT2D eigenvalue weighted by atomic mass is 35.5. The van der Waals surface area contributed by atoms with E-state index in [4.69, 9.17) is 28.5 Å². The molecule has 0 fully saturated rings. The number of rotatable bonds is 1. The van der Waals surface area contributed by atoms with E-state index in [0.29, 0.717) is 0 Å². The SMILES string of the molecule is CC(=O)c1c(Cl)ccc(C#N)c1Cl. The number of ketones is 1. The number of carbonyl (C=O) groups excluding carboxylic acids is 1. The van der Waals surface area contributed by atoms with Gasteiger partial charge in [-0.25, -0.2) is 0 Å². The van der Waals surface area contributed by atoms with Gasteiger partial charge in [-0.3, -0.25) is 4.79 Å². The van der Waals surface area contributed by atoms with Gasteiger partial charge in [-0.1, -0.05) is 23.2 Å². The number of nitrogens with zero attached hydrogens (tertiary/aromatic N) is 1. The fourth-order valence-corrected chi connectivity index (χ4v) is 1.64. The average molecular weight is 214 g/mol. The molecule has 0 aliphatic heterocycles. The third-order valence-corrected chi connectivity index (χ3v) is 2.27. The van der Waals surface area contributed by atoms with Gasteiger partial charge in [0.1, 0.15) is 6.07 Å². The minimum absolute atomic E-state index is 0.127. The molecule has 2 nitrogen and oxygen atoms in total. The summed E-state index contributed by atoms with van der Waals surface area (Å²) in [6, 6.07) is 4.85. The van der Waals surface area contributed by atoms with Gasteiger partial charge in [0.15, 0.2) is 5.78 Å². The van der Waals surface area contributed by atoms with Gasteiger partial charge in [-0.05, 0) is 19.1 Å². The fourth-order valence-electron chi connectivity index (χ4n) is 0.962. The van der Waals surface area contributed by atoms with Crippen LogP contribution in [0.3, 0.4) is 0 Å². The summed E-state index contributed by atoms with van der Waals surface area (Å²) >= 11 is 11.5. The van der Waals surface area contributed by atoms with Crippen LogP contribution in [0.1, 0.15) is 22.8 Å². The molecule has 4 heteroatoms. The van der Waals surface area contributed by atoms with Crippen molar-refractivity contribution in [1.29, 1.82) is 5.26 Å². The summed E-state index contributed by atoms with van der Waals surface area (Å²) in [5, 5.41) is 9.03. The summed E-state index contributed by atoms with van der Waals surface area (Å²) in [4.78, 5) is 11.1. The molecule has 0 saturated heterocycles. The molecule has 0 aliphatic carbocycles. The summed E-state index contributed by atoms with van der Waals surface area (Å²) in [5.41, 5.74) is 0.471. The van der Waals surface area contributed by atoms with Gasteiger partial charge in [0, 0.05) is 0 Å². The Morgan fingerprint density at radius 2 is 2.08 bits per heavy atom. The lowest BCUT2D eigenvalue weighted by molar-refractivity contribution is 0.101. The average Bonchev–Trinajstić information content (AvgIpc) is 2.04. The van der Waals surface area contributed by atoms with Crippen molar-refractivity contribution in [2.24, 2.45) is 0 Å². The second kappa shape index (κ2) is 3.78. The standard InChI is InChI=1S/C9H5Cl2NO/c1-5(13)8-7(10)3-2-6(4-12)9(8)11/h2-3H,1H3. The number of hydrogen-bond donors (Lipinski definition) is 0. The topological polar surface area (TPSA) is 40.9 Å². The Bertz CT molecular complexity index is 407. The fraction of sp³-hybridized carbons (Fsp3) is 0.111. The molecular formula is C9H5Cl2NO. The van der Waals surface area contributed by atoms with Crippen LogP contribution in [0.4, 0.5) is 0 Å². The Kier molecular flexibility index (Phi) is 2.92. The number of nitriles is 1. The maximum absolute atomic E-state index is 11.1. The Morgan fingerprint density at radius 3 is 2.54 bits per heavy atom. The van der Waals surface area contributed by atoms with Gasteiger partial charge in [-0.2, -0.15) is 5.26 Å². The van der Waals surface area contributed by atoms with Crippen molar-refractivity contribution < 1.29 is 4.79 Å². The maximum Gasteiger partial charge on any atom is 0.162 e. The van der Waals surface area contributed by atoms with Crippen LogP contribution in [0.5, 0.6) is 0 Å². The van der Waals surface area contributed by atoms with Gasteiger partial charge >= 0.3 is 0 Å². The molecule has 66 valence electrons. The van der Waals surface area contributed by atoms with E-state index < -0.39 is 0 Å². The van der Waals surface area contributed by atoms with Crippen molar-refractivity contribution in [3.05, 3.63) is 33.3 Å². The third kappa shape index (κ3) is 1.82. The largest absolute Gasteiger partial charge is 0.294 e. The van der Waals surface area contributed by atoms with Gasteiger partial charge < -0.3 is 0 Å². The minimum Gasteiger partial charge on any atom is -0.294 e. The van der Waals surface area contributed by atoms with Crippen LogP contribution in [0.15, 0.2) is 12.1 Å². The zero-order chi connectivity index (χ0) is 10.0. The molecule has 0 heterocycles. The van der Waals surface area contributed by atoms with E-state index in [-0.39, 0.29) is 27.0 Å². The summed E-state index contributed by atoms with van der Waals surface area (Å²) < 4.78 is 0. The van der Waals surface area contributed by atoms with Crippen molar-refractivity contribution in [1.82, 2.24) is 0 Å². The molecule has 0 spiro atoms. The van der Waals surface area contributed by atoms with Crippen molar-refractivity contribution >= 4 is 29.0 Å². The van der Waals surface area contributed by atoms with Crippen LogP contribution in [0, 0.1) is 11.3 Å². The van der Waals surface area contributed by atoms with Crippen LogP contribution in [-0.2, 0) is 0 Å². The van der Waals surface area contributed by atoms with Crippen LogP contribution in [0.2, 0.25) is 10.0 Å². The van der Waals surface area contributed by atoms with E-state index in [9.17, 15) is 4.79 Å². The second-order valence-corrected chi connectivity index (χ2v) is 3.24. The number of benzene rings is 1. The first-order valence-corrected chi connectivity index (χ1v) is 4.22. The molecule has 0 saturated carbocycles. The predicted octanol–water partition coefficient (Wildman–Crippen LogP) is 3.07. The van der Waals surface area contributed by atoms with Gasteiger partial charge in [-0.15, -0.1) is 0 Å². The Balaban J connectivity index is 3.50. The quantitative estimate of drug-likeness (QED) is 0.674. The normalized spacial score (nSPS) is 9.38. The third-order valence-electron chi connectivity index (χ3n) is 1.56. The van der Waals surface area contributed by atoms with E-state index >= 15 is 0 Å². The number of halogens is 2. The minimum atomic E-state index is -0.243. The van der Waals surface area contributed by atoms with Gasteiger partial charge in [0.2, 0.25) is 0 Å². The molecule has 1 rings (SSSR count). The molecule has 0 amide bonds. The molecule has 1 aromatic rings. The Hall–Kier alpha value is -1.04. The summed E-state index contributed by atoms with van der Waals surface area (Å²) in [6.07, 6.45) is 0. The lowest BCUT2D eigenvalue weighted by Crippen LogP contribution is -1.96. The first-order chi connectivity index (χ1) is 6.07. The number of hydrogen-bond acceptors (Lipinski definition) is 2. The summed E-state index contributed by atoms with van der Waals surface area (Å²) in [7, 11) is 0. The number of carbonyl (C=O) groups is 1. The number of Topliss-reactive ketones (excluding diaryl/α,β-unsaturated/α-hetero) is 1. The second-order valence-electron chi connectivity index (χ2n) is 2.45. The van der Waals surface area contributed by atoms with Gasteiger partial charge in [0.25, 0.3) is 0 Å². The van der Waals surface area contributed by atoms with Crippen LogP contribution < -0.4 is 0 Å². The Labute approximate surface area is 85.7 Å². The van der Waals surface area contributed by atoms with Crippen LogP contribution in [-0.4, -0.2) is 5.78 Å². The molecule has 0 unspecified atom stereocenters. The van der Waals surface area contributed by atoms with Crippen molar-refractivity contribution in [3.8, 4) is 6.07 Å². The molecule has 0 radical (unpaired) electrons. The molecule has 0 aliphatic rings. The van der Waals surface area contributed by atoms with E-state index in [1.54, 1.807) is 0 Å². The van der Waals surface area contributed by atoms with Crippen molar-refractivity contribution in [2.45, 2.75) is 6.92 Å². The molecule has 0 bridgehead atoms. The maximum atomic E-state index is 11.1. The molecule has 13 heavy (non-hydrogen) atoms. The lowest BCUT2D eigenvalue weighted by Gasteiger charge is -2.03. The van der Waals surface area contributed by atoms with E-state index in [1.165, 1.54) is 19.1 Å². The predicted molar refractivity (Wildman–Crippen MR) is 51.2 cm³/mol. The first-order valence-electron chi connectivity index (χ1n) is 3.47. The summed E-state index contributed by atoms with van der Waals surface area (Å²) in [5.74, 6) is -0.243. The van der Waals surface area contributed by atoms with E-state index in [2.05, 4.69) is 0 Å². The highest BCUT2D eigenvalue weighted by Crippen LogP contribution is 2.27. The van der Waals surface area contributed by atoms with Crippen molar-refractivity contribution in [2.75, 3.05) is 0 Å². The molecule has 0 atom stereocenters. The van der Waals surface area contributed by atoms with Crippen LogP contribution >= 0.6 is 23.2 Å².